The van der Waals surface area contributed by atoms with Crippen LogP contribution in [0.4, 0.5) is 0 Å². The van der Waals surface area contributed by atoms with Crippen molar-refractivity contribution in [1.82, 2.24) is 5.31 Å². The Balaban J connectivity index is 3.10. The van der Waals surface area contributed by atoms with Gasteiger partial charge in [-0.1, -0.05) is 0 Å². The molecule has 0 amide bonds. The van der Waals surface area contributed by atoms with Crippen molar-refractivity contribution in [3.63, 3.8) is 0 Å². The first-order chi connectivity index (χ1) is 5.13. The number of hydrogen-bond donors (Lipinski definition) is 1. The highest BCUT2D eigenvalue weighted by Gasteiger charge is 1.93. The van der Waals surface area contributed by atoms with Crippen LogP contribution in [0.1, 0.15) is 21.0 Å². The van der Waals surface area contributed by atoms with E-state index in [4.69, 9.17) is 9.64 Å². The highest BCUT2D eigenvalue weighted by molar-refractivity contribution is 4.55. The SMILES string of the molecule is [2H]N1CC([2H])([2H])C([2H])([2H])C1([2H])[2H]. The summed E-state index contributed by atoms with van der Waals surface area (Å²) in [6, 6.07) is 0. The molecule has 1 aliphatic heterocycles. The zero-order valence-electron chi connectivity index (χ0n) is 9.65. The lowest BCUT2D eigenvalue weighted by Gasteiger charge is -1.76. The fourth-order valence-corrected chi connectivity index (χ4v) is 0.198. The van der Waals surface area contributed by atoms with Gasteiger partial charge in [-0.05, 0) is 25.8 Å². The molecule has 1 rings (SSSR count). The molecule has 1 N–H and O–H groups in total. The third kappa shape index (κ3) is 0.618. The van der Waals surface area contributed by atoms with Crippen LogP contribution in [0.25, 0.3) is 0 Å². The average molecular weight is 78.2 g/mol. The van der Waals surface area contributed by atoms with Crippen LogP contribution in [0.5, 0.6) is 0 Å². The summed E-state index contributed by atoms with van der Waals surface area (Å²) >= 11 is 0. The highest BCUT2D eigenvalue weighted by Crippen LogP contribution is 1.90. The first-order valence-corrected chi connectivity index (χ1v) is 1.39. The average Bonchev–Trinajstić information content (AvgIpc) is 1.92. The summed E-state index contributed by atoms with van der Waals surface area (Å²) in [7, 11) is 0. The van der Waals surface area contributed by atoms with Crippen molar-refractivity contribution in [2.75, 3.05) is 13.0 Å². The number of hydrogen-bond acceptors (Lipinski definition) is 1. The normalized spacial score (nSPS) is 78.8. The minimum absolute atomic E-state index is 0.313. The van der Waals surface area contributed by atoms with E-state index in [2.05, 4.69) is 0 Å². The number of nitrogens with one attached hydrogen (secondary N) is 1. The van der Waals surface area contributed by atoms with Gasteiger partial charge in [0.2, 0.25) is 0 Å². The molecule has 1 saturated heterocycles. The first-order valence-electron chi connectivity index (χ1n) is 4.84. The van der Waals surface area contributed by atoms with Crippen molar-refractivity contribution >= 4 is 0 Å². The predicted molar refractivity (Wildman–Crippen MR) is 22.1 cm³/mol. The summed E-state index contributed by atoms with van der Waals surface area (Å²) < 4.78 is 50.0. The molecule has 0 radical (unpaired) electrons. The fraction of sp³-hybridized carbons (Fsp3) is 1.00. The van der Waals surface area contributed by atoms with E-state index in [0.29, 0.717) is 5.31 Å². The summed E-state index contributed by atoms with van der Waals surface area (Å²) in [6.07, 6.45) is -4.94. The second-order valence-electron chi connectivity index (χ2n) is 0.730. The van der Waals surface area contributed by atoms with Gasteiger partial charge in [0.1, 0.15) is 1.41 Å². The van der Waals surface area contributed by atoms with Crippen molar-refractivity contribution in [1.29, 1.82) is 0 Å². The van der Waals surface area contributed by atoms with E-state index in [9.17, 15) is 0 Å². The maximum Gasteiger partial charge on any atom is 0.122 e. The van der Waals surface area contributed by atoms with Crippen LogP contribution in [0.3, 0.4) is 0 Å². The van der Waals surface area contributed by atoms with Crippen molar-refractivity contribution in [2.45, 2.75) is 12.7 Å². The quantitative estimate of drug-likeness (QED) is 0.441. The van der Waals surface area contributed by atoms with Gasteiger partial charge in [-0.15, -0.1) is 0 Å². The Kier molecular flexibility index (Phi) is 0.153. The molecule has 1 fully saturated rings. The summed E-state index contributed by atoms with van der Waals surface area (Å²) in [6.45, 7) is -3.11. The van der Waals surface area contributed by atoms with Crippen LogP contribution in [-0.2, 0) is 0 Å². The maximum atomic E-state index is 7.18. The van der Waals surface area contributed by atoms with Crippen LogP contribution in [0.15, 0.2) is 0 Å². The minimum Gasteiger partial charge on any atom is -0.317 e. The van der Waals surface area contributed by atoms with Crippen molar-refractivity contribution < 1.29 is 9.64 Å². The monoisotopic (exact) mass is 78.1 g/mol. The molecule has 0 aromatic heterocycles. The lowest BCUT2D eigenvalue weighted by molar-refractivity contribution is 0.857. The Bertz CT molecular complexity index is 200. The van der Waals surface area contributed by atoms with Gasteiger partial charge in [-0.25, -0.2) is 0 Å². The highest BCUT2D eigenvalue weighted by atomic mass is 14.9. The molecular formula is C4H9N. The molecule has 0 bridgehead atoms. The summed E-state index contributed by atoms with van der Waals surface area (Å²) in [4.78, 5) is 0. The van der Waals surface area contributed by atoms with E-state index in [0.717, 1.165) is 0 Å². The summed E-state index contributed by atoms with van der Waals surface area (Å²) in [5, 5.41) is 0.313. The number of rotatable bonds is 0. The lowest BCUT2D eigenvalue weighted by atomic mass is 10.4. The third-order valence-corrected chi connectivity index (χ3v) is 0.381. The summed E-state index contributed by atoms with van der Waals surface area (Å²) in [5.41, 5.74) is 0. The Morgan fingerprint density at radius 1 is 1.80 bits per heavy atom. The second kappa shape index (κ2) is 1.41. The van der Waals surface area contributed by atoms with Gasteiger partial charge in [0, 0.05) is 8.22 Å². The zero-order chi connectivity index (χ0) is 9.78. The van der Waals surface area contributed by atoms with Crippen molar-refractivity contribution in [2.24, 2.45) is 0 Å². The Labute approximate surface area is 42.3 Å². The molecule has 0 saturated carbocycles. The molecule has 0 aromatic carbocycles. The third-order valence-electron chi connectivity index (χ3n) is 0.381. The van der Waals surface area contributed by atoms with E-state index in [-0.39, 0.29) is 0 Å². The fourth-order valence-electron chi connectivity index (χ4n) is 0.198. The van der Waals surface area contributed by atoms with E-state index < -0.39 is 25.8 Å². The van der Waals surface area contributed by atoms with Crippen LogP contribution >= 0.6 is 0 Å². The van der Waals surface area contributed by atoms with Gasteiger partial charge in [0.15, 0.2) is 0 Å². The van der Waals surface area contributed by atoms with Crippen LogP contribution in [0, 0.1) is 0 Å². The predicted octanol–water partition coefficient (Wildman–Crippen LogP) is 0.370. The molecule has 1 nitrogen and oxygen atoms in total. The van der Waals surface area contributed by atoms with Gasteiger partial charge in [-0.2, -0.15) is 0 Å². The zero-order valence-corrected chi connectivity index (χ0v) is 2.65. The van der Waals surface area contributed by atoms with Crippen molar-refractivity contribution in [3.8, 4) is 0 Å². The molecule has 1 heteroatoms. The molecule has 5 heavy (non-hydrogen) atoms. The smallest absolute Gasteiger partial charge is 0.122 e. The van der Waals surface area contributed by atoms with Gasteiger partial charge < -0.3 is 5.31 Å². The molecule has 30 valence electrons. The van der Waals surface area contributed by atoms with Crippen LogP contribution < -0.4 is 5.31 Å². The Hall–Kier alpha value is -0.0400. The van der Waals surface area contributed by atoms with Gasteiger partial charge in [0.05, 0.1) is 0 Å². The molecule has 0 unspecified atom stereocenters. The minimum atomic E-state index is -2.64. The van der Waals surface area contributed by atoms with Gasteiger partial charge in [-0.3, -0.25) is 0 Å². The standard InChI is InChI=1S/C4H9N/c1-2-4-5-3-1/h5H,1-4H2/i1D2,2D2,3D2/hD. The Morgan fingerprint density at radius 2 is 2.80 bits per heavy atom. The molecule has 1 heterocycles. The molecule has 1 aliphatic rings. The van der Waals surface area contributed by atoms with Crippen LogP contribution in [-0.4, -0.2) is 13.0 Å². The van der Waals surface area contributed by atoms with E-state index >= 15 is 0 Å². The van der Waals surface area contributed by atoms with Gasteiger partial charge >= 0.3 is 0 Å². The maximum absolute atomic E-state index is 7.18. The lowest BCUT2D eigenvalue weighted by Crippen LogP contribution is -2.03. The van der Waals surface area contributed by atoms with Crippen molar-refractivity contribution in [3.05, 3.63) is 0 Å². The van der Waals surface area contributed by atoms with E-state index in [1.165, 1.54) is 0 Å². The van der Waals surface area contributed by atoms with Crippen LogP contribution in [0.2, 0.25) is 1.41 Å². The van der Waals surface area contributed by atoms with Gasteiger partial charge in [0.25, 0.3) is 0 Å². The summed E-state index contributed by atoms with van der Waals surface area (Å²) in [5.74, 6) is 0. The second-order valence-corrected chi connectivity index (χ2v) is 0.730. The Morgan fingerprint density at radius 3 is 3.00 bits per heavy atom. The molecular weight excluding hydrogens is 62.1 g/mol. The molecule has 0 spiro atoms. The first kappa shape index (κ1) is 0.544. The largest absolute Gasteiger partial charge is 0.317 e. The van der Waals surface area contributed by atoms with E-state index in [1.807, 2.05) is 0 Å². The topological polar surface area (TPSA) is 12.0 Å². The van der Waals surface area contributed by atoms with E-state index in [1.54, 1.807) is 0 Å². The molecule has 0 atom stereocenters. The molecule has 0 aromatic rings. The molecule has 0 aliphatic carbocycles.